The van der Waals surface area contributed by atoms with E-state index in [1.165, 1.54) is 24.6 Å². The molecular formula is C10H17N3OS. The predicted octanol–water partition coefficient (Wildman–Crippen LogP) is 2.16. The standard InChI is InChI=1S/C10H17N3OS/c1-3-4-5-6-8(2)12-13-10-11-9(14)7-15-10/h3-7H2,1-2H3,(H,11,13,14)/b12-8+. The highest BCUT2D eigenvalue weighted by atomic mass is 32.2. The maximum absolute atomic E-state index is 10.8. The van der Waals surface area contributed by atoms with E-state index >= 15 is 0 Å². The fraction of sp³-hybridized carbons (Fsp3) is 0.700. The molecule has 0 saturated carbocycles. The minimum Gasteiger partial charge on any atom is -0.303 e. The van der Waals surface area contributed by atoms with Gasteiger partial charge in [0.05, 0.1) is 5.75 Å². The van der Waals surface area contributed by atoms with Crippen molar-refractivity contribution in [2.24, 2.45) is 10.2 Å². The molecule has 5 heteroatoms. The summed E-state index contributed by atoms with van der Waals surface area (Å²) in [5.74, 6) is 0.473. The van der Waals surface area contributed by atoms with E-state index in [1.807, 2.05) is 6.92 Å². The molecule has 0 radical (unpaired) electrons. The molecule has 0 aromatic rings. The van der Waals surface area contributed by atoms with Crippen LogP contribution in [0, 0.1) is 0 Å². The van der Waals surface area contributed by atoms with E-state index in [9.17, 15) is 4.79 Å². The molecule has 0 aromatic carbocycles. The summed E-state index contributed by atoms with van der Waals surface area (Å²) in [6.07, 6.45) is 4.60. The van der Waals surface area contributed by atoms with E-state index in [0.29, 0.717) is 10.9 Å². The molecule has 0 atom stereocenters. The molecule has 0 aliphatic carbocycles. The lowest BCUT2D eigenvalue weighted by Crippen LogP contribution is -2.19. The molecule has 1 amide bonds. The Labute approximate surface area is 94.6 Å². The monoisotopic (exact) mass is 227 g/mol. The predicted molar refractivity (Wildman–Crippen MR) is 65.3 cm³/mol. The van der Waals surface area contributed by atoms with Gasteiger partial charge in [-0.15, -0.1) is 5.10 Å². The molecule has 15 heavy (non-hydrogen) atoms. The molecule has 1 saturated heterocycles. The third kappa shape index (κ3) is 4.97. The Kier molecular flexibility index (Phi) is 5.39. The summed E-state index contributed by atoms with van der Waals surface area (Å²) >= 11 is 1.40. The minimum atomic E-state index is 0.0117. The first-order valence-corrected chi connectivity index (χ1v) is 6.24. The zero-order valence-corrected chi connectivity index (χ0v) is 10.1. The molecule has 1 aliphatic rings. The number of carbonyl (C=O) groups is 1. The molecule has 0 aromatic heterocycles. The molecule has 1 fully saturated rings. The highest BCUT2D eigenvalue weighted by Gasteiger charge is 2.15. The van der Waals surface area contributed by atoms with Gasteiger partial charge in [-0.3, -0.25) is 4.79 Å². The van der Waals surface area contributed by atoms with Crippen LogP contribution in [0.4, 0.5) is 0 Å². The van der Waals surface area contributed by atoms with Crippen LogP contribution in [-0.4, -0.2) is 22.5 Å². The van der Waals surface area contributed by atoms with Crippen molar-refractivity contribution in [3.8, 4) is 0 Å². The van der Waals surface area contributed by atoms with E-state index < -0.39 is 0 Å². The topological polar surface area (TPSA) is 53.8 Å². The molecule has 1 aliphatic heterocycles. The number of rotatable bonds is 5. The van der Waals surface area contributed by atoms with Crippen molar-refractivity contribution in [1.29, 1.82) is 0 Å². The lowest BCUT2D eigenvalue weighted by Gasteiger charge is -1.97. The van der Waals surface area contributed by atoms with Gasteiger partial charge in [-0.05, 0) is 19.8 Å². The van der Waals surface area contributed by atoms with E-state index in [2.05, 4.69) is 22.4 Å². The number of carbonyl (C=O) groups excluding carboxylic acids is 1. The second-order valence-electron chi connectivity index (χ2n) is 3.53. The average Bonchev–Trinajstić information content (AvgIpc) is 2.62. The zero-order chi connectivity index (χ0) is 11.1. The lowest BCUT2D eigenvalue weighted by molar-refractivity contribution is -0.116. The van der Waals surface area contributed by atoms with Crippen LogP contribution in [0.3, 0.4) is 0 Å². The molecule has 84 valence electrons. The van der Waals surface area contributed by atoms with Gasteiger partial charge in [-0.2, -0.15) is 5.10 Å². The molecular weight excluding hydrogens is 210 g/mol. The second kappa shape index (κ2) is 6.61. The molecule has 4 nitrogen and oxygen atoms in total. The fourth-order valence-corrected chi connectivity index (χ4v) is 1.82. The third-order valence-electron chi connectivity index (χ3n) is 2.04. The van der Waals surface area contributed by atoms with Crippen LogP contribution in [0.25, 0.3) is 0 Å². The van der Waals surface area contributed by atoms with Gasteiger partial charge in [0, 0.05) is 5.71 Å². The van der Waals surface area contributed by atoms with Crippen molar-refractivity contribution in [3.05, 3.63) is 0 Å². The Hall–Kier alpha value is -0.840. The Balaban J connectivity index is 2.32. The largest absolute Gasteiger partial charge is 0.303 e. The van der Waals surface area contributed by atoms with E-state index in [4.69, 9.17) is 0 Å². The molecule has 0 unspecified atom stereocenters. The van der Waals surface area contributed by atoms with Crippen LogP contribution in [-0.2, 0) is 4.79 Å². The number of amides is 1. The number of amidine groups is 1. The summed E-state index contributed by atoms with van der Waals surface area (Å²) in [6.45, 7) is 4.15. The maximum atomic E-state index is 10.8. The second-order valence-corrected chi connectivity index (χ2v) is 4.50. The van der Waals surface area contributed by atoms with Gasteiger partial charge < -0.3 is 5.32 Å². The smallest absolute Gasteiger partial charge is 0.236 e. The number of hydrogen-bond donors (Lipinski definition) is 1. The van der Waals surface area contributed by atoms with Gasteiger partial charge in [0.25, 0.3) is 0 Å². The summed E-state index contributed by atoms with van der Waals surface area (Å²) in [4.78, 5) is 10.8. The Bertz CT molecular complexity index is 286. The van der Waals surface area contributed by atoms with E-state index in [0.717, 1.165) is 18.6 Å². The van der Waals surface area contributed by atoms with Crippen molar-refractivity contribution in [1.82, 2.24) is 5.32 Å². The van der Waals surface area contributed by atoms with Gasteiger partial charge in [-0.25, -0.2) is 0 Å². The molecule has 1 N–H and O–H groups in total. The number of nitrogens with one attached hydrogen (secondary N) is 1. The molecule has 0 bridgehead atoms. The maximum Gasteiger partial charge on any atom is 0.236 e. The summed E-state index contributed by atoms with van der Waals surface area (Å²) in [5, 5.41) is 11.3. The lowest BCUT2D eigenvalue weighted by atomic mass is 10.1. The zero-order valence-electron chi connectivity index (χ0n) is 9.25. The van der Waals surface area contributed by atoms with Crippen LogP contribution in [0.1, 0.15) is 39.5 Å². The molecule has 0 spiro atoms. The van der Waals surface area contributed by atoms with Gasteiger partial charge in [0.1, 0.15) is 0 Å². The number of hydrogen-bond acceptors (Lipinski definition) is 4. The van der Waals surface area contributed by atoms with Crippen LogP contribution in [0.5, 0.6) is 0 Å². The van der Waals surface area contributed by atoms with Gasteiger partial charge >= 0.3 is 0 Å². The third-order valence-corrected chi connectivity index (χ3v) is 2.90. The first-order valence-electron chi connectivity index (χ1n) is 5.26. The van der Waals surface area contributed by atoms with Crippen molar-refractivity contribution in [3.63, 3.8) is 0 Å². The van der Waals surface area contributed by atoms with Crippen molar-refractivity contribution >= 4 is 28.5 Å². The fourth-order valence-electron chi connectivity index (χ4n) is 1.19. The van der Waals surface area contributed by atoms with Gasteiger partial charge in [-0.1, -0.05) is 31.5 Å². The average molecular weight is 227 g/mol. The highest BCUT2D eigenvalue weighted by molar-refractivity contribution is 8.15. The SMILES string of the molecule is CCCCC/C(C)=N/N=C1\NC(=O)CS1. The van der Waals surface area contributed by atoms with E-state index in [1.54, 1.807) is 0 Å². The van der Waals surface area contributed by atoms with Gasteiger partial charge in [0.2, 0.25) is 5.91 Å². The number of thioether (sulfide) groups is 1. The van der Waals surface area contributed by atoms with Crippen LogP contribution >= 0.6 is 11.8 Å². The normalized spacial score (nSPS) is 19.7. The van der Waals surface area contributed by atoms with E-state index in [-0.39, 0.29) is 5.91 Å². The summed E-state index contributed by atoms with van der Waals surface area (Å²) in [7, 11) is 0. The first-order chi connectivity index (χ1) is 7.22. The van der Waals surface area contributed by atoms with Gasteiger partial charge in [0.15, 0.2) is 5.17 Å². The Morgan fingerprint density at radius 2 is 2.33 bits per heavy atom. The Morgan fingerprint density at radius 3 is 2.93 bits per heavy atom. The van der Waals surface area contributed by atoms with Crippen molar-refractivity contribution in [2.45, 2.75) is 39.5 Å². The van der Waals surface area contributed by atoms with Crippen LogP contribution < -0.4 is 5.32 Å². The summed E-state index contributed by atoms with van der Waals surface area (Å²) in [6, 6.07) is 0. The summed E-state index contributed by atoms with van der Waals surface area (Å²) in [5.41, 5.74) is 1.03. The summed E-state index contributed by atoms with van der Waals surface area (Å²) < 4.78 is 0. The Morgan fingerprint density at radius 1 is 1.53 bits per heavy atom. The number of nitrogens with zero attached hydrogens (tertiary/aromatic N) is 2. The van der Waals surface area contributed by atoms with Crippen LogP contribution in [0.15, 0.2) is 10.2 Å². The van der Waals surface area contributed by atoms with Crippen LogP contribution in [0.2, 0.25) is 0 Å². The molecule has 1 heterocycles. The quantitative estimate of drug-likeness (QED) is 0.444. The van der Waals surface area contributed by atoms with Crippen molar-refractivity contribution in [2.75, 3.05) is 5.75 Å². The minimum absolute atomic E-state index is 0.0117. The van der Waals surface area contributed by atoms with Crippen molar-refractivity contribution < 1.29 is 4.79 Å². The number of unbranched alkanes of at least 4 members (excludes halogenated alkanes) is 2. The highest BCUT2D eigenvalue weighted by Crippen LogP contribution is 2.09. The molecule has 1 rings (SSSR count). The first kappa shape index (κ1) is 12.2.